The molecule has 3 nitrogen and oxygen atoms in total. The van der Waals surface area contributed by atoms with Gasteiger partial charge in [-0.3, -0.25) is 4.79 Å². The first kappa shape index (κ1) is 17.2. The second-order valence-corrected chi connectivity index (χ2v) is 5.27. The minimum absolute atomic E-state index is 0.0161. The fourth-order valence-electron chi connectivity index (χ4n) is 2.65. The van der Waals surface area contributed by atoms with E-state index in [1.807, 2.05) is 0 Å². The molecule has 0 atom stereocenters. The number of carbonyl (C=O) groups is 1. The van der Waals surface area contributed by atoms with E-state index in [0.717, 1.165) is 17.6 Å². The Kier molecular flexibility index (Phi) is 8.73. The molecular formula is C15H31N2O+. The summed E-state index contributed by atoms with van der Waals surface area (Å²) < 4.78 is 1.14. The molecule has 0 aliphatic carbocycles. The molecule has 0 aliphatic rings. The van der Waals surface area contributed by atoms with E-state index in [2.05, 4.69) is 32.7 Å². The fourth-order valence-corrected chi connectivity index (χ4v) is 2.65. The van der Waals surface area contributed by atoms with Gasteiger partial charge in [0.25, 0.3) is 0 Å². The Hall–Kier alpha value is -0.830. The van der Waals surface area contributed by atoms with Crippen molar-refractivity contribution in [3.8, 4) is 0 Å². The van der Waals surface area contributed by atoms with Crippen molar-refractivity contribution < 1.29 is 9.28 Å². The molecule has 0 aliphatic heterocycles. The highest BCUT2D eigenvalue weighted by atomic mass is 16.1. The summed E-state index contributed by atoms with van der Waals surface area (Å²) in [7, 11) is 0. The van der Waals surface area contributed by atoms with E-state index >= 15 is 0 Å². The van der Waals surface area contributed by atoms with Gasteiger partial charge >= 0.3 is 0 Å². The molecule has 1 amide bonds. The molecule has 0 spiro atoms. The molecule has 1 N–H and O–H groups in total. The van der Waals surface area contributed by atoms with E-state index in [0.29, 0.717) is 5.57 Å². The number of amides is 1. The first-order chi connectivity index (χ1) is 8.51. The molecule has 0 saturated carbocycles. The van der Waals surface area contributed by atoms with Crippen molar-refractivity contribution in [3.05, 3.63) is 12.2 Å². The van der Waals surface area contributed by atoms with Crippen molar-refractivity contribution >= 4 is 5.91 Å². The van der Waals surface area contributed by atoms with Gasteiger partial charge in [-0.15, -0.1) is 0 Å². The topological polar surface area (TPSA) is 29.1 Å². The van der Waals surface area contributed by atoms with Crippen LogP contribution in [-0.2, 0) is 4.79 Å². The lowest BCUT2D eigenvalue weighted by Crippen LogP contribution is -2.53. The molecule has 0 rings (SSSR count). The summed E-state index contributed by atoms with van der Waals surface area (Å²) in [5.41, 5.74) is 0.592. The highest BCUT2D eigenvalue weighted by molar-refractivity contribution is 5.91. The largest absolute Gasteiger partial charge is 0.347 e. The number of nitrogens with zero attached hydrogens (tertiary/aromatic N) is 1. The number of hydrogen-bond donors (Lipinski definition) is 1. The van der Waals surface area contributed by atoms with Gasteiger partial charge in [-0.2, -0.15) is 0 Å². The first-order valence-corrected chi connectivity index (χ1v) is 7.30. The van der Waals surface area contributed by atoms with Crippen LogP contribution in [0.5, 0.6) is 0 Å². The Morgan fingerprint density at radius 1 is 1.00 bits per heavy atom. The van der Waals surface area contributed by atoms with Gasteiger partial charge in [0.2, 0.25) is 5.91 Å². The van der Waals surface area contributed by atoms with E-state index in [-0.39, 0.29) is 5.91 Å². The molecule has 0 bridgehead atoms. The molecule has 0 fully saturated rings. The van der Waals surface area contributed by atoms with Crippen LogP contribution in [0.3, 0.4) is 0 Å². The average molecular weight is 255 g/mol. The summed E-state index contributed by atoms with van der Waals surface area (Å²) in [6, 6.07) is 0. The van der Waals surface area contributed by atoms with Gasteiger partial charge in [0.15, 0.2) is 0 Å². The Labute approximate surface area is 113 Å². The van der Waals surface area contributed by atoms with Crippen LogP contribution >= 0.6 is 0 Å². The summed E-state index contributed by atoms with van der Waals surface area (Å²) in [5.74, 6) is -0.0161. The zero-order valence-electron chi connectivity index (χ0n) is 12.7. The van der Waals surface area contributed by atoms with Gasteiger partial charge in [0.05, 0.1) is 32.7 Å². The summed E-state index contributed by atoms with van der Waals surface area (Å²) >= 11 is 0. The quantitative estimate of drug-likeness (QED) is 0.472. The summed E-state index contributed by atoms with van der Waals surface area (Å²) in [4.78, 5) is 11.5. The second kappa shape index (κ2) is 9.15. The number of nitrogens with one attached hydrogen (secondary N) is 1. The third-order valence-electron chi connectivity index (χ3n) is 3.35. The third-order valence-corrected chi connectivity index (χ3v) is 3.35. The first-order valence-electron chi connectivity index (χ1n) is 7.30. The minimum Gasteiger partial charge on any atom is -0.347 e. The molecule has 106 valence electrons. The molecular weight excluding hydrogens is 224 g/mol. The fraction of sp³-hybridized carbons (Fsp3) is 0.800. The Bertz CT molecular complexity index is 244. The SMILES string of the molecule is C=C(C)C(=O)NCC[N+](CCC)(CCC)CCC. The summed E-state index contributed by atoms with van der Waals surface area (Å²) in [6.45, 7) is 17.6. The van der Waals surface area contributed by atoms with Gasteiger partial charge in [0, 0.05) is 5.57 Å². The highest BCUT2D eigenvalue weighted by Gasteiger charge is 2.24. The van der Waals surface area contributed by atoms with Crippen molar-refractivity contribution in [2.75, 3.05) is 32.7 Å². The zero-order valence-corrected chi connectivity index (χ0v) is 12.7. The molecule has 0 heterocycles. The van der Waals surface area contributed by atoms with Gasteiger partial charge in [0.1, 0.15) is 0 Å². The van der Waals surface area contributed by atoms with Crippen LogP contribution in [0.15, 0.2) is 12.2 Å². The van der Waals surface area contributed by atoms with Crippen LogP contribution < -0.4 is 5.32 Å². The van der Waals surface area contributed by atoms with Crippen molar-refractivity contribution in [2.24, 2.45) is 0 Å². The minimum atomic E-state index is -0.0161. The highest BCUT2D eigenvalue weighted by Crippen LogP contribution is 2.11. The van der Waals surface area contributed by atoms with E-state index in [1.54, 1.807) is 6.92 Å². The van der Waals surface area contributed by atoms with Crippen LogP contribution in [0.4, 0.5) is 0 Å². The van der Waals surface area contributed by atoms with Crippen molar-refractivity contribution in [3.63, 3.8) is 0 Å². The lowest BCUT2D eigenvalue weighted by molar-refractivity contribution is -0.927. The predicted octanol–water partition coefficient (Wildman–Crippen LogP) is 2.73. The van der Waals surface area contributed by atoms with Gasteiger partial charge in [-0.25, -0.2) is 0 Å². The lowest BCUT2D eigenvalue weighted by Gasteiger charge is -2.38. The van der Waals surface area contributed by atoms with E-state index < -0.39 is 0 Å². The smallest absolute Gasteiger partial charge is 0.246 e. The third kappa shape index (κ3) is 6.20. The molecule has 0 aromatic rings. The Morgan fingerprint density at radius 2 is 1.44 bits per heavy atom. The van der Waals surface area contributed by atoms with E-state index in [1.165, 1.54) is 38.9 Å². The maximum atomic E-state index is 11.5. The van der Waals surface area contributed by atoms with Crippen molar-refractivity contribution in [2.45, 2.75) is 47.0 Å². The van der Waals surface area contributed by atoms with Crippen LogP contribution in [0, 0.1) is 0 Å². The maximum Gasteiger partial charge on any atom is 0.246 e. The predicted molar refractivity (Wildman–Crippen MR) is 78.4 cm³/mol. The molecule has 0 saturated heterocycles. The van der Waals surface area contributed by atoms with E-state index in [9.17, 15) is 4.79 Å². The number of hydrogen-bond acceptors (Lipinski definition) is 1. The number of rotatable bonds is 10. The summed E-state index contributed by atoms with van der Waals surface area (Å²) in [5, 5.41) is 2.96. The molecule has 0 unspecified atom stereocenters. The van der Waals surface area contributed by atoms with Crippen molar-refractivity contribution in [1.82, 2.24) is 5.32 Å². The standard InChI is InChI=1S/C15H30N2O/c1-6-10-17(11-7-2,12-8-3)13-9-16-15(18)14(4)5/h4,6-13H2,1-3,5H3/p+1. The summed E-state index contributed by atoms with van der Waals surface area (Å²) in [6.07, 6.45) is 3.61. The molecule has 0 aromatic heterocycles. The van der Waals surface area contributed by atoms with Crippen LogP contribution in [0.1, 0.15) is 47.0 Å². The van der Waals surface area contributed by atoms with Crippen LogP contribution in [0.2, 0.25) is 0 Å². The van der Waals surface area contributed by atoms with Gasteiger partial charge in [-0.05, 0) is 26.2 Å². The van der Waals surface area contributed by atoms with Crippen molar-refractivity contribution in [1.29, 1.82) is 0 Å². The van der Waals surface area contributed by atoms with Crippen LogP contribution in [0.25, 0.3) is 0 Å². The number of quaternary nitrogens is 1. The monoisotopic (exact) mass is 255 g/mol. The number of carbonyl (C=O) groups excluding carboxylic acids is 1. The zero-order chi connectivity index (χ0) is 14.0. The average Bonchev–Trinajstić information content (AvgIpc) is 2.29. The Morgan fingerprint density at radius 3 is 1.78 bits per heavy atom. The van der Waals surface area contributed by atoms with Gasteiger partial charge < -0.3 is 9.80 Å². The normalized spacial score (nSPS) is 11.3. The molecule has 18 heavy (non-hydrogen) atoms. The van der Waals surface area contributed by atoms with Crippen LogP contribution in [-0.4, -0.2) is 43.1 Å². The van der Waals surface area contributed by atoms with E-state index in [4.69, 9.17) is 0 Å². The second-order valence-electron chi connectivity index (χ2n) is 5.27. The molecule has 0 aromatic carbocycles. The Balaban J connectivity index is 4.37. The molecule has 3 heteroatoms. The van der Waals surface area contributed by atoms with Gasteiger partial charge in [-0.1, -0.05) is 27.4 Å². The maximum absolute atomic E-state index is 11.5. The molecule has 0 radical (unpaired) electrons. The lowest BCUT2D eigenvalue weighted by atomic mass is 10.2.